The van der Waals surface area contributed by atoms with Crippen LogP contribution in [-0.2, 0) is 12.3 Å². The molecule has 4 rings (SSSR count). The molecule has 2 aromatic heterocycles. The van der Waals surface area contributed by atoms with Gasteiger partial charge in [0.1, 0.15) is 11.6 Å². The number of hydrogen-bond acceptors (Lipinski definition) is 5. The second-order valence-electron chi connectivity index (χ2n) is 6.87. The van der Waals surface area contributed by atoms with Crippen LogP contribution in [0.15, 0.2) is 78.2 Å². The zero-order valence-electron chi connectivity index (χ0n) is 16.8. The molecular formula is C23H20FN5OS. The highest BCUT2D eigenvalue weighted by atomic mass is 32.2. The molecule has 31 heavy (non-hydrogen) atoms. The number of halogens is 1. The van der Waals surface area contributed by atoms with Gasteiger partial charge in [0, 0.05) is 35.9 Å². The van der Waals surface area contributed by atoms with Crippen molar-refractivity contribution < 1.29 is 9.18 Å². The molecule has 0 bridgehead atoms. The quantitative estimate of drug-likeness (QED) is 0.439. The summed E-state index contributed by atoms with van der Waals surface area (Å²) in [5.74, 6) is 0.990. The van der Waals surface area contributed by atoms with Crippen molar-refractivity contribution in [3.63, 3.8) is 0 Å². The number of carbonyl (C=O) groups excluding carboxylic acids is 1. The SMILES string of the molecule is Cc1nnc(SCc2ccc(C(=O)NCc3ccncc3)cc2)n1-c1ccc(F)cc1. The molecule has 0 aliphatic heterocycles. The summed E-state index contributed by atoms with van der Waals surface area (Å²) in [7, 11) is 0. The van der Waals surface area contributed by atoms with E-state index < -0.39 is 0 Å². The number of benzene rings is 2. The Morgan fingerprint density at radius 2 is 1.68 bits per heavy atom. The van der Waals surface area contributed by atoms with Crippen LogP contribution in [0.1, 0.15) is 27.3 Å². The summed E-state index contributed by atoms with van der Waals surface area (Å²) in [5, 5.41) is 12.0. The van der Waals surface area contributed by atoms with Crippen LogP contribution in [-0.4, -0.2) is 25.7 Å². The first-order valence-corrected chi connectivity index (χ1v) is 10.7. The first-order chi connectivity index (χ1) is 15.1. The van der Waals surface area contributed by atoms with E-state index in [9.17, 15) is 9.18 Å². The van der Waals surface area contributed by atoms with Gasteiger partial charge in [0.2, 0.25) is 0 Å². The maximum absolute atomic E-state index is 13.2. The predicted octanol–water partition coefficient (Wildman–Crippen LogP) is 4.33. The Morgan fingerprint density at radius 3 is 2.39 bits per heavy atom. The number of rotatable bonds is 7. The van der Waals surface area contributed by atoms with Gasteiger partial charge in [-0.1, -0.05) is 23.9 Å². The third kappa shape index (κ3) is 5.16. The molecule has 0 saturated carbocycles. The van der Waals surface area contributed by atoms with Crippen molar-refractivity contribution in [2.24, 2.45) is 0 Å². The molecule has 6 nitrogen and oxygen atoms in total. The Kier molecular flexibility index (Phi) is 6.37. The molecule has 0 unspecified atom stereocenters. The number of hydrogen-bond donors (Lipinski definition) is 1. The second kappa shape index (κ2) is 9.53. The number of carbonyl (C=O) groups is 1. The van der Waals surface area contributed by atoms with Gasteiger partial charge in [0.15, 0.2) is 5.16 Å². The summed E-state index contributed by atoms with van der Waals surface area (Å²) >= 11 is 1.53. The molecule has 8 heteroatoms. The van der Waals surface area contributed by atoms with Crippen molar-refractivity contribution in [2.45, 2.75) is 24.4 Å². The smallest absolute Gasteiger partial charge is 0.251 e. The maximum atomic E-state index is 13.2. The van der Waals surface area contributed by atoms with E-state index >= 15 is 0 Å². The molecule has 0 atom stereocenters. The van der Waals surface area contributed by atoms with Crippen molar-refractivity contribution in [1.82, 2.24) is 25.1 Å². The molecule has 156 valence electrons. The largest absolute Gasteiger partial charge is 0.348 e. The number of aromatic nitrogens is 4. The first kappa shape index (κ1) is 20.7. The zero-order chi connectivity index (χ0) is 21.6. The lowest BCUT2D eigenvalue weighted by Gasteiger charge is -2.09. The van der Waals surface area contributed by atoms with Crippen LogP contribution in [0.25, 0.3) is 5.69 Å². The van der Waals surface area contributed by atoms with Crippen LogP contribution >= 0.6 is 11.8 Å². The molecule has 0 fully saturated rings. The molecule has 2 aromatic carbocycles. The van der Waals surface area contributed by atoms with Crippen LogP contribution in [0, 0.1) is 12.7 Å². The van der Waals surface area contributed by atoms with E-state index in [2.05, 4.69) is 20.5 Å². The first-order valence-electron chi connectivity index (χ1n) is 9.67. The molecule has 0 spiro atoms. The molecule has 4 aromatic rings. The van der Waals surface area contributed by atoms with Crippen molar-refractivity contribution >= 4 is 17.7 Å². The zero-order valence-corrected chi connectivity index (χ0v) is 17.6. The van der Waals surface area contributed by atoms with Crippen LogP contribution in [0.4, 0.5) is 4.39 Å². The Balaban J connectivity index is 1.38. The topological polar surface area (TPSA) is 72.7 Å². The average molecular weight is 434 g/mol. The number of amides is 1. The van der Waals surface area contributed by atoms with Gasteiger partial charge in [0.05, 0.1) is 0 Å². The molecule has 1 N–H and O–H groups in total. The Morgan fingerprint density at radius 1 is 0.968 bits per heavy atom. The van der Waals surface area contributed by atoms with E-state index in [0.29, 0.717) is 17.9 Å². The lowest BCUT2D eigenvalue weighted by Crippen LogP contribution is -2.22. The molecule has 2 heterocycles. The van der Waals surface area contributed by atoms with Gasteiger partial charge in [-0.25, -0.2) is 4.39 Å². The van der Waals surface area contributed by atoms with Gasteiger partial charge in [-0.05, 0) is 66.6 Å². The van der Waals surface area contributed by atoms with Gasteiger partial charge in [-0.15, -0.1) is 10.2 Å². The lowest BCUT2D eigenvalue weighted by molar-refractivity contribution is 0.0951. The van der Waals surface area contributed by atoms with Crippen molar-refractivity contribution in [2.75, 3.05) is 0 Å². The molecule has 0 aliphatic carbocycles. The van der Waals surface area contributed by atoms with E-state index in [-0.39, 0.29) is 11.7 Å². The summed E-state index contributed by atoms with van der Waals surface area (Å²) in [5.41, 5.74) is 3.47. The molecule has 0 aliphatic rings. The van der Waals surface area contributed by atoms with E-state index in [0.717, 1.165) is 27.8 Å². The fourth-order valence-electron chi connectivity index (χ4n) is 3.01. The van der Waals surface area contributed by atoms with Crippen LogP contribution in [0.5, 0.6) is 0 Å². The summed E-state index contributed by atoms with van der Waals surface area (Å²) in [6, 6.07) is 17.5. The van der Waals surface area contributed by atoms with Crippen LogP contribution < -0.4 is 5.32 Å². The van der Waals surface area contributed by atoms with Crippen molar-refractivity contribution in [3.05, 3.63) is 101 Å². The highest BCUT2D eigenvalue weighted by molar-refractivity contribution is 7.98. The fourth-order valence-corrected chi connectivity index (χ4v) is 3.96. The fraction of sp³-hybridized carbons (Fsp3) is 0.130. The highest BCUT2D eigenvalue weighted by Gasteiger charge is 2.12. The normalized spacial score (nSPS) is 10.8. The molecular weight excluding hydrogens is 413 g/mol. The predicted molar refractivity (Wildman–Crippen MR) is 117 cm³/mol. The monoisotopic (exact) mass is 433 g/mol. The maximum Gasteiger partial charge on any atom is 0.251 e. The minimum absolute atomic E-state index is 0.123. The number of aryl methyl sites for hydroxylation is 1. The molecule has 0 radical (unpaired) electrons. The summed E-state index contributed by atoms with van der Waals surface area (Å²) in [6.07, 6.45) is 3.40. The van der Waals surface area contributed by atoms with Gasteiger partial charge in [-0.3, -0.25) is 14.3 Å². The van der Waals surface area contributed by atoms with Gasteiger partial charge in [0.25, 0.3) is 5.91 Å². The van der Waals surface area contributed by atoms with Crippen molar-refractivity contribution in [1.29, 1.82) is 0 Å². The molecule has 0 saturated heterocycles. The Hall–Kier alpha value is -3.52. The number of nitrogens with zero attached hydrogens (tertiary/aromatic N) is 4. The van der Waals surface area contributed by atoms with E-state index in [4.69, 9.17) is 0 Å². The summed E-state index contributed by atoms with van der Waals surface area (Å²) in [6.45, 7) is 2.32. The van der Waals surface area contributed by atoms with E-state index in [1.165, 1.54) is 23.9 Å². The second-order valence-corrected chi connectivity index (χ2v) is 7.81. The lowest BCUT2D eigenvalue weighted by atomic mass is 10.1. The number of nitrogens with one attached hydrogen (secondary N) is 1. The van der Waals surface area contributed by atoms with Crippen molar-refractivity contribution in [3.8, 4) is 5.69 Å². The third-order valence-corrected chi connectivity index (χ3v) is 5.67. The van der Waals surface area contributed by atoms with E-state index in [1.54, 1.807) is 24.5 Å². The number of pyridine rings is 1. The average Bonchev–Trinajstić information content (AvgIpc) is 3.18. The third-order valence-electron chi connectivity index (χ3n) is 4.67. The minimum Gasteiger partial charge on any atom is -0.348 e. The van der Waals surface area contributed by atoms with Crippen LogP contribution in [0.3, 0.4) is 0 Å². The highest BCUT2D eigenvalue weighted by Crippen LogP contribution is 2.25. The van der Waals surface area contributed by atoms with Gasteiger partial charge in [-0.2, -0.15) is 0 Å². The molecule has 1 amide bonds. The Labute approximate surface area is 183 Å². The number of thioether (sulfide) groups is 1. The van der Waals surface area contributed by atoms with Gasteiger partial charge >= 0.3 is 0 Å². The summed E-state index contributed by atoms with van der Waals surface area (Å²) < 4.78 is 15.1. The Bertz CT molecular complexity index is 1160. The standard InChI is InChI=1S/C23H20FN5OS/c1-16-27-28-23(29(16)21-8-6-20(24)7-9-21)31-15-18-2-4-19(5-3-18)22(30)26-14-17-10-12-25-13-11-17/h2-13H,14-15H2,1H3,(H,26,30). The van der Waals surface area contributed by atoms with Crippen LogP contribution in [0.2, 0.25) is 0 Å². The summed E-state index contributed by atoms with van der Waals surface area (Å²) in [4.78, 5) is 16.3. The van der Waals surface area contributed by atoms with Gasteiger partial charge < -0.3 is 5.32 Å². The van der Waals surface area contributed by atoms with E-state index in [1.807, 2.05) is 47.9 Å². The minimum atomic E-state index is -0.284.